The van der Waals surface area contributed by atoms with Crippen molar-refractivity contribution in [3.8, 4) is 0 Å². The van der Waals surface area contributed by atoms with Gasteiger partial charge in [0.05, 0.1) is 11.1 Å². The number of benzene rings is 1. The number of carbonyl (C=O) groups excluding carboxylic acids is 1. The fourth-order valence-electron chi connectivity index (χ4n) is 3.79. The first-order valence-electron chi connectivity index (χ1n) is 10.3. The van der Waals surface area contributed by atoms with Crippen LogP contribution in [0.2, 0.25) is 5.02 Å². The molecule has 0 spiro atoms. The number of hydrogen-bond acceptors (Lipinski definition) is 5. The quantitative estimate of drug-likeness (QED) is 0.303. The Morgan fingerprint density at radius 2 is 2.19 bits per heavy atom. The van der Waals surface area contributed by atoms with Crippen LogP contribution in [-0.4, -0.2) is 21.2 Å². The van der Waals surface area contributed by atoms with Crippen LogP contribution in [0, 0.1) is 5.92 Å². The molecule has 5 nitrogen and oxygen atoms in total. The first-order chi connectivity index (χ1) is 15.0. The van der Waals surface area contributed by atoms with Gasteiger partial charge in [0.1, 0.15) is 4.83 Å². The van der Waals surface area contributed by atoms with Gasteiger partial charge in [0.15, 0.2) is 5.16 Å². The summed E-state index contributed by atoms with van der Waals surface area (Å²) in [6.45, 7) is 6.84. The van der Waals surface area contributed by atoms with Gasteiger partial charge in [0.25, 0.3) is 5.56 Å². The van der Waals surface area contributed by atoms with Gasteiger partial charge in [-0.05, 0) is 48.4 Å². The molecule has 0 saturated carbocycles. The minimum absolute atomic E-state index is 0.0268. The Morgan fingerprint density at radius 3 is 2.94 bits per heavy atom. The number of amides is 1. The number of aryl methyl sites for hydroxylation is 1. The second-order valence-corrected chi connectivity index (χ2v) is 10.3. The lowest BCUT2D eigenvalue weighted by Crippen LogP contribution is -2.26. The lowest BCUT2D eigenvalue weighted by Gasteiger charge is -2.17. The first-order valence-corrected chi connectivity index (χ1v) is 12.4. The van der Waals surface area contributed by atoms with Gasteiger partial charge < -0.3 is 5.32 Å². The Morgan fingerprint density at radius 1 is 1.42 bits per heavy atom. The Balaban J connectivity index is 1.53. The third-order valence-electron chi connectivity index (χ3n) is 5.43. The Kier molecular flexibility index (Phi) is 6.84. The summed E-state index contributed by atoms with van der Waals surface area (Å²) in [5.41, 5.74) is 2.12. The molecule has 1 aliphatic carbocycles. The molecule has 162 valence electrons. The summed E-state index contributed by atoms with van der Waals surface area (Å²) in [5, 5.41) is 4.88. The number of nitrogens with zero attached hydrogens (tertiary/aromatic N) is 2. The number of aromatic nitrogens is 2. The number of carbonyl (C=O) groups is 1. The van der Waals surface area contributed by atoms with Crippen LogP contribution in [0.4, 0.5) is 0 Å². The maximum atomic E-state index is 13.3. The maximum Gasteiger partial charge on any atom is 0.263 e. The topological polar surface area (TPSA) is 64.0 Å². The molecule has 1 atom stereocenters. The van der Waals surface area contributed by atoms with E-state index >= 15 is 0 Å². The van der Waals surface area contributed by atoms with Gasteiger partial charge in [-0.1, -0.05) is 48.5 Å². The predicted molar refractivity (Wildman–Crippen MR) is 129 cm³/mol. The Labute approximate surface area is 194 Å². The monoisotopic (exact) mass is 473 g/mol. The summed E-state index contributed by atoms with van der Waals surface area (Å²) < 4.78 is 1.64. The molecule has 0 unspecified atom stereocenters. The largest absolute Gasteiger partial charge is 0.351 e. The zero-order valence-electron chi connectivity index (χ0n) is 17.3. The summed E-state index contributed by atoms with van der Waals surface area (Å²) in [4.78, 5) is 32.5. The van der Waals surface area contributed by atoms with E-state index in [1.54, 1.807) is 34.1 Å². The molecule has 1 amide bonds. The van der Waals surface area contributed by atoms with Gasteiger partial charge in [0, 0.05) is 23.0 Å². The second kappa shape index (κ2) is 9.59. The number of nitrogens with one attached hydrogen (secondary N) is 1. The molecule has 4 rings (SSSR count). The SMILES string of the molecule is C=CCn1c(SCC(=O)NCc2ccc(Cl)cc2)nc2sc3c(c2c1=O)CC[C@H](C)C3. The molecule has 0 bridgehead atoms. The van der Waals surface area contributed by atoms with E-state index in [9.17, 15) is 9.59 Å². The third kappa shape index (κ3) is 4.89. The van der Waals surface area contributed by atoms with Crippen LogP contribution in [0.1, 0.15) is 29.3 Å². The van der Waals surface area contributed by atoms with Gasteiger partial charge in [-0.3, -0.25) is 14.2 Å². The van der Waals surface area contributed by atoms with Crippen LogP contribution in [0.3, 0.4) is 0 Å². The van der Waals surface area contributed by atoms with Crippen LogP contribution in [0.15, 0.2) is 46.9 Å². The molecule has 2 aromatic heterocycles. The molecular formula is C23H24ClN3O2S2. The van der Waals surface area contributed by atoms with Crippen LogP contribution in [0.5, 0.6) is 0 Å². The standard InChI is InChI=1S/C23H24ClN3O2S2/c1-3-10-27-22(29)20-17-9-4-14(2)11-18(17)31-21(20)26-23(27)30-13-19(28)25-12-15-5-7-16(24)8-6-15/h3,5-8,14H,1,4,9-13H2,2H3,(H,25,28)/t14-/m0/s1. The fourth-order valence-corrected chi connectivity index (χ4v) is 6.18. The van der Waals surface area contributed by atoms with Crippen molar-refractivity contribution in [3.63, 3.8) is 0 Å². The highest BCUT2D eigenvalue weighted by Crippen LogP contribution is 2.36. The van der Waals surface area contributed by atoms with Gasteiger partial charge in [-0.2, -0.15) is 0 Å². The second-order valence-electron chi connectivity index (χ2n) is 7.82. The van der Waals surface area contributed by atoms with Crippen molar-refractivity contribution in [2.75, 3.05) is 5.75 Å². The summed E-state index contributed by atoms with van der Waals surface area (Å²) >= 11 is 8.81. The molecule has 8 heteroatoms. The van der Waals surface area contributed by atoms with Crippen LogP contribution < -0.4 is 10.9 Å². The zero-order chi connectivity index (χ0) is 22.0. The highest BCUT2D eigenvalue weighted by atomic mass is 35.5. The van der Waals surface area contributed by atoms with E-state index in [2.05, 4.69) is 18.8 Å². The average Bonchev–Trinajstić information content (AvgIpc) is 3.11. The molecule has 0 saturated heterocycles. The Bertz CT molecular complexity index is 1180. The number of allylic oxidation sites excluding steroid dienone is 1. The molecular weight excluding hydrogens is 450 g/mol. The van der Waals surface area contributed by atoms with Crippen LogP contribution in [0.25, 0.3) is 10.2 Å². The van der Waals surface area contributed by atoms with Gasteiger partial charge >= 0.3 is 0 Å². The van der Waals surface area contributed by atoms with Crippen LogP contribution in [-0.2, 0) is 30.7 Å². The lowest BCUT2D eigenvalue weighted by molar-refractivity contribution is -0.118. The molecule has 31 heavy (non-hydrogen) atoms. The minimum atomic E-state index is -0.112. The van der Waals surface area contributed by atoms with E-state index in [1.807, 2.05) is 12.1 Å². The van der Waals surface area contributed by atoms with E-state index in [0.717, 1.165) is 35.0 Å². The fraction of sp³-hybridized carbons (Fsp3) is 0.348. The lowest BCUT2D eigenvalue weighted by atomic mass is 9.89. The number of rotatable bonds is 7. The third-order valence-corrected chi connectivity index (χ3v) is 7.80. The van der Waals surface area contributed by atoms with Crippen molar-refractivity contribution in [1.82, 2.24) is 14.9 Å². The van der Waals surface area contributed by atoms with Gasteiger partial charge in [-0.25, -0.2) is 4.98 Å². The van der Waals surface area contributed by atoms with Gasteiger partial charge in [0.2, 0.25) is 5.91 Å². The van der Waals surface area contributed by atoms with E-state index in [0.29, 0.717) is 29.2 Å². The minimum Gasteiger partial charge on any atom is -0.351 e. The number of hydrogen-bond donors (Lipinski definition) is 1. The van der Waals surface area contributed by atoms with E-state index < -0.39 is 0 Å². The zero-order valence-corrected chi connectivity index (χ0v) is 19.7. The summed E-state index contributed by atoms with van der Waals surface area (Å²) in [6.07, 6.45) is 4.73. The molecule has 0 radical (unpaired) electrons. The molecule has 0 aliphatic heterocycles. The number of fused-ring (bicyclic) bond motifs is 3. The molecule has 1 N–H and O–H groups in total. The molecule has 1 aromatic carbocycles. The van der Waals surface area contributed by atoms with Crippen molar-refractivity contribution in [2.24, 2.45) is 5.92 Å². The van der Waals surface area contributed by atoms with Crippen molar-refractivity contribution < 1.29 is 4.79 Å². The summed E-state index contributed by atoms with van der Waals surface area (Å²) in [7, 11) is 0. The first kappa shape index (κ1) is 22.1. The predicted octanol–water partition coefficient (Wildman–Crippen LogP) is 4.83. The Hall–Kier alpha value is -2.09. The molecule has 2 heterocycles. The van der Waals surface area contributed by atoms with Crippen molar-refractivity contribution in [3.05, 3.63) is 68.3 Å². The average molecular weight is 474 g/mol. The van der Waals surface area contributed by atoms with E-state index in [-0.39, 0.29) is 17.2 Å². The normalized spacial score (nSPS) is 15.6. The summed E-state index contributed by atoms with van der Waals surface area (Å²) in [6, 6.07) is 7.36. The number of halogens is 1. The maximum absolute atomic E-state index is 13.3. The van der Waals surface area contributed by atoms with Crippen molar-refractivity contribution in [2.45, 2.75) is 44.4 Å². The van der Waals surface area contributed by atoms with Crippen molar-refractivity contribution in [1.29, 1.82) is 0 Å². The molecule has 0 fully saturated rings. The van der Waals surface area contributed by atoms with E-state index in [1.165, 1.54) is 22.2 Å². The number of thioether (sulfide) groups is 1. The van der Waals surface area contributed by atoms with Gasteiger partial charge in [-0.15, -0.1) is 17.9 Å². The highest BCUT2D eigenvalue weighted by Gasteiger charge is 2.24. The van der Waals surface area contributed by atoms with Crippen LogP contribution >= 0.6 is 34.7 Å². The highest BCUT2D eigenvalue weighted by molar-refractivity contribution is 7.99. The smallest absolute Gasteiger partial charge is 0.263 e. The number of thiophene rings is 1. The molecule has 1 aliphatic rings. The van der Waals surface area contributed by atoms with E-state index in [4.69, 9.17) is 16.6 Å². The summed E-state index contributed by atoms with van der Waals surface area (Å²) in [5.74, 6) is 0.707. The molecule has 3 aromatic rings. The van der Waals surface area contributed by atoms with Crippen molar-refractivity contribution >= 4 is 50.8 Å².